The lowest BCUT2D eigenvalue weighted by molar-refractivity contribution is -0.0180. The van der Waals surface area contributed by atoms with E-state index in [-0.39, 0.29) is 18.6 Å². The molecular formula is C24H28N6O3. The molecule has 0 bridgehead atoms. The maximum Gasteiger partial charge on any atom is 0.409 e. The number of ether oxygens (including phenoxy) is 1. The van der Waals surface area contributed by atoms with Crippen LogP contribution >= 0.6 is 0 Å². The lowest BCUT2D eigenvalue weighted by atomic mass is 9.84. The Morgan fingerprint density at radius 3 is 2.85 bits per heavy atom. The van der Waals surface area contributed by atoms with E-state index >= 15 is 0 Å². The Bertz CT molecular complexity index is 1180. The molecule has 3 N–H and O–H groups in total. The molecule has 3 heterocycles. The van der Waals surface area contributed by atoms with E-state index < -0.39 is 5.60 Å². The zero-order chi connectivity index (χ0) is 23.4. The molecule has 1 aliphatic rings. The molecule has 1 atom stereocenters. The molecule has 0 saturated carbocycles. The minimum atomic E-state index is -0.885. The molecule has 33 heavy (non-hydrogen) atoms. The van der Waals surface area contributed by atoms with Crippen LogP contribution in [0.4, 0.5) is 10.7 Å². The smallest absolute Gasteiger partial charge is 0.409 e. The van der Waals surface area contributed by atoms with Gasteiger partial charge in [-0.2, -0.15) is 10.2 Å². The van der Waals surface area contributed by atoms with Crippen LogP contribution < -0.4 is 5.32 Å². The Morgan fingerprint density at radius 1 is 1.33 bits per heavy atom. The van der Waals surface area contributed by atoms with Crippen molar-refractivity contribution in [2.24, 2.45) is 0 Å². The predicted octanol–water partition coefficient (Wildman–Crippen LogP) is 3.47. The minimum absolute atomic E-state index is 0.255. The summed E-state index contributed by atoms with van der Waals surface area (Å²) in [6.07, 6.45) is 1.34. The number of aliphatic hydroxyl groups is 1. The van der Waals surface area contributed by atoms with E-state index in [1.165, 1.54) is 7.11 Å². The fourth-order valence-corrected chi connectivity index (χ4v) is 4.28. The van der Waals surface area contributed by atoms with Crippen LogP contribution in [-0.4, -0.2) is 56.9 Å². The molecular weight excluding hydrogens is 420 g/mol. The first-order valence-electron chi connectivity index (χ1n) is 11.0. The number of nitrogens with one attached hydrogen (secondary N) is 2. The van der Waals surface area contributed by atoms with E-state index in [0.717, 1.165) is 22.3 Å². The number of aryl methyl sites for hydroxylation is 1. The van der Waals surface area contributed by atoms with Gasteiger partial charge in [0.15, 0.2) is 5.65 Å². The van der Waals surface area contributed by atoms with Gasteiger partial charge in [0.25, 0.3) is 0 Å². The van der Waals surface area contributed by atoms with Crippen LogP contribution in [0, 0.1) is 18.3 Å². The number of benzene rings is 1. The summed E-state index contributed by atoms with van der Waals surface area (Å²) < 4.78 is 4.78. The second-order valence-corrected chi connectivity index (χ2v) is 8.57. The number of hydrogen-bond donors (Lipinski definition) is 3. The van der Waals surface area contributed by atoms with Crippen molar-refractivity contribution in [3.05, 3.63) is 53.2 Å². The maximum atomic E-state index is 11.7. The van der Waals surface area contributed by atoms with Crippen molar-refractivity contribution in [1.82, 2.24) is 19.9 Å². The maximum absolute atomic E-state index is 11.7. The van der Waals surface area contributed by atoms with Crippen LogP contribution in [0.2, 0.25) is 0 Å². The predicted molar refractivity (Wildman–Crippen MR) is 124 cm³/mol. The minimum Gasteiger partial charge on any atom is -0.453 e. The fourth-order valence-electron chi connectivity index (χ4n) is 4.28. The van der Waals surface area contributed by atoms with Crippen molar-refractivity contribution in [2.45, 2.75) is 44.2 Å². The van der Waals surface area contributed by atoms with E-state index in [1.54, 1.807) is 4.90 Å². The average Bonchev–Trinajstić information content (AvgIpc) is 3.20. The first-order valence-corrected chi connectivity index (χ1v) is 11.0. The quantitative estimate of drug-likeness (QED) is 0.527. The lowest BCUT2D eigenvalue weighted by Gasteiger charge is -2.37. The van der Waals surface area contributed by atoms with E-state index in [1.807, 2.05) is 43.3 Å². The summed E-state index contributed by atoms with van der Waals surface area (Å²) in [6, 6.07) is 13.7. The van der Waals surface area contributed by atoms with Gasteiger partial charge in [0.05, 0.1) is 36.8 Å². The number of amides is 1. The van der Waals surface area contributed by atoms with Gasteiger partial charge < -0.3 is 25.0 Å². The number of hydrogen-bond acceptors (Lipinski definition) is 7. The van der Waals surface area contributed by atoms with Crippen molar-refractivity contribution >= 4 is 23.2 Å². The number of methoxy groups -OCH3 is 1. The van der Waals surface area contributed by atoms with Crippen LogP contribution in [0.5, 0.6) is 0 Å². The molecule has 9 nitrogen and oxygen atoms in total. The summed E-state index contributed by atoms with van der Waals surface area (Å²) in [4.78, 5) is 25.5. The molecule has 1 aromatic carbocycles. The van der Waals surface area contributed by atoms with Crippen molar-refractivity contribution in [3.8, 4) is 6.07 Å². The monoisotopic (exact) mass is 448 g/mol. The van der Waals surface area contributed by atoms with E-state index in [2.05, 4.69) is 26.3 Å². The number of nitrogens with zero attached hydrogens (tertiary/aromatic N) is 4. The van der Waals surface area contributed by atoms with Gasteiger partial charge in [-0.05, 0) is 43.0 Å². The van der Waals surface area contributed by atoms with Crippen LogP contribution in [0.3, 0.4) is 0 Å². The number of anilines is 1. The van der Waals surface area contributed by atoms with Crippen molar-refractivity contribution in [2.75, 3.05) is 25.5 Å². The highest BCUT2D eigenvalue weighted by molar-refractivity contribution is 5.73. The Balaban J connectivity index is 1.48. The van der Waals surface area contributed by atoms with Gasteiger partial charge in [-0.3, -0.25) is 0 Å². The molecule has 0 radical (unpaired) electrons. The van der Waals surface area contributed by atoms with E-state index in [9.17, 15) is 15.2 Å². The largest absolute Gasteiger partial charge is 0.453 e. The second kappa shape index (κ2) is 9.46. The summed E-state index contributed by atoms with van der Waals surface area (Å²) in [5.41, 5.74) is 3.37. The summed E-state index contributed by atoms with van der Waals surface area (Å²) in [5, 5.41) is 23.8. The molecule has 0 aliphatic carbocycles. The Labute approximate surface area is 192 Å². The van der Waals surface area contributed by atoms with Crippen LogP contribution in [0.25, 0.3) is 11.2 Å². The molecule has 172 valence electrons. The van der Waals surface area contributed by atoms with Gasteiger partial charge in [0, 0.05) is 25.2 Å². The number of rotatable bonds is 6. The number of fused-ring (bicyclic) bond motifs is 1. The van der Waals surface area contributed by atoms with Gasteiger partial charge in [-0.15, -0.1) is 0 Å². The number of nitriles is 1. The van der Waals surface area contributed by atoms with E-state index in [4.69, 9.17) is 4.74 Å². The standard InChI is InChI=1S/C24H28N6O3/c1-16-6-7-20-21(26-16)29-22(28-20)27-19(8-11-25)18-5-3-4-17(14-18)15-24(32)9-12-30(13-10-24)23(31)33-2/h3-7,14,19,32H,8-10,12-13,15H2,1-2H3,(H2,26,27,28,29)/t19-/m1/s1. The number of aromatic amines is 1. The van der Waals surface area contributed by atoms with Crippen molar-refractivity contribution in [3.63, 3.8) is 0 Å². The zero-order valence-electron chi connectivity index (χ0n) is 18.8. The second-order valence-electron chi connectivity index (χ2n) is 8.57. The average molecular weight is 449 g/mol. The Morgan fingerprint density at radius 2 is 2.12 bits per heavy atom. The van der Waals surface area contributed by atoms with Crippen molar-refractivity contribution in [1.29, 1.82) is 5.26 Å². The first kappa shape index (κ1) is 22.6. The number of pyridine rings is 1. The molecule has 2 aromatic heterocycles. The molecule has 1 amide bonds. The third kappa shape index (κ3) is 5.23. The molecule has 0 unspecified atom stereocenters. The third-order valence-corrected chi connectivity index (χ3v) is 6.11. The van der Waals surface area contributed by atoms with Crippen LogP contribution in [0.1, 0.15) is 42.1 Å². The highest BCUT2D eigenvalue weighted by Gasteiger charge is 2.34. The SMILES string of the molecule is COC(=O)N1CCC(O)(Cc2cccc([C@@H](CC#N)Nc3nc4nc(C)ccc4[nH]3)c2)CC1. The van der Waals surface area contributed by atoms with Crippen LogP contribution in [0.15, 0.2) is 36.4 Å². The molecule has 1 fully saturated rings. The molecule has 4 rings (SSSR count). The Hall–Kier alpha value is -3.64. The summed E-state index contributed by atoms with van der Waals surface area (Å²) in [6.45, 7) is 2.83. The van der Waals surface area contributed by atoms with Crippen molar-refractivity contribution < 1.29 is 14.6 Å². The molecule has 1 aliphatic heterocycles. The summed E-state index contributed by atoms with van der Waals surface area (Å²) in [5.74, 6) is 0.558. The van der Waals surface area contributed by atoms with Gasteiger partial charge in [-0.25, -0.2) is 9.78 Å². The van der Waals surface area contributed by atoms with Gasteiger partial charge in [0.1, 0.15) is 0 Å². The molecule has 0 spiro atoms. The van der Waals surface area contributed by atoms with Gasteiger partial charge >= 0.3 is 6.09 Å². The number of aromatic nitrogens is 3. The lowest BCUT2D eigenvalue weighted by Crippen LogP contribution is -2.47. The number of carbonyl (C=O) groups excluding carboxylic acids is 1. The van der Waals surface area contributed by atoms with Gasteiger partial charge in [-0.1, -0.05) is 24.3 Å². The molecule has 9 heteroatoms. The number of carbonyl (C=O) groups is 1. The fraction of sp³-hybridized carbons (Fsp3) is 0.417. The third-order valence-electron chi connectivity index (χ3n) is 6.11. The Kier molecular flexibility index (Phi) is 6.47. The van der Waals surface area contributed by atoms with Crippen LogP contribution in [-0.2, 0) is 11.2 Å². The topological polar surface area (TPSA) is 127 Å². The number of H-pyrrole nitrogens is 1. The molecule has 3 aromatic rings. The number of imidazole rings is 1. The zero-order valence-corrected chi connectivity index (χ0v) is 18.8. The number of piperidine rings is 1. The normalized spacial score (nSPS) is 16.2. The van der Waals surface area contributed by atoms with E-state index in [0.29, 0.717) is 43.9 Å². The highest BCUT2D eigenvalue weighted by atomic mass is 16.5. The summed E-state index contributed by atoms with van der Waals surface area (Å²) >= 11 is 0. The number of likely N-dealkylation sites (tertiary alicyclic amines) is 1. The highest BCUT2D eigenvalue weighted by Crippen LogP contribution is 2.29. The summed E-state index contributed by atoms with van der Waals surface area (Å²) in [7, 11) is 1.36. The molecule has 1 saturated heterocycles. The first-order chi connectivity index (χ1) is 15.9. The van der Waals surface area contributed by atoms with Gasteiger partial charge in [0.2, 0.25) is 5.95 Å².